The summed E-state index contributed by atoms with van der Waals surface area (Å²) in [6.07, 6.45) is 0. The fourth-order valence-corrected chi connectivity index (χ4v) is 2.92. The Labute approximate surface area is 153 Å². The van der Waals surface area contributed by atoms with E-state index >= 15 is 0 Å². The number of rotatable bonds is 3. The fraction of sp³-hybridized carbons (Fsp3) is 0. The Morgan fingerprint density at radius 2 is 1.54 bits per heavy atom. The molecule has 0 saturated carbocycles. The summed E-state index contributed by atoms with van der Waals surface area (Å²) in [5, 5.41) is 0.560. The standard InChI is InChI=1S/C20H11ClFNO3/c21-12-4-10-15(11-5-12)26-17-3-1-2-16-18(17)20(25)23(19(16)24)14-8-6-13(22)7-9-14/h1-11H. The van der Waals surface area contributed by atoms with Crippen molar-refractivity contribution in [1.82, 2.24) is 0 Å². The second-order valence-corrected chi connectivity index (χ2v) is 6.09. The monoisotopic (exact) mass is 367 g/mol. The highest BCUT2D eigenvalue weighted by Crippen LogP contribution is 2.36. The smallest absolute Gasteiger partial charge is 0.269 e. The average molecular weight is 368 g/mol. The molecule has 1 aliphatic heterocycles. The third-order valence-electron chi connectivity index (χ3n) is 4.00. The zero-order valence-corrected chi connectivity index (χ0v) is 14.0. The number of halogens is 2. The molecule has 0 aromatic heterocycles. The van der Waals surface area contributed by atoms with Crippen molar-refractivity contribution in [3.8, 4) is 11.5 Å². The van der Waals surface area contributed by atoms with Crippen LogP contribution < -0.4 is 9.64 Å². The molecule has 1 heterocycles. The molecule has 3 aromatic carbocycles. The topological polar surface area (TPSA) is 46.6 Å². The van der Waals surface area contributed by atoms with Gasteiger partial charge in [-0.15, -0.1) is 0 Å². The van der Waals surface area contributed by atoms with Gasteiger partial charge in [0.1, 0.15) is 17.3 Å². The first-order chi connectivity index (χ1) is 12.5. The van der Waals surface area contributed by atoms with Crippen molar-refractivity contribution in [2.45, 2.75) is 0 Å². The first-order valence-corrected chi connectivity index (χ1v) is 8.13. The number of fused-ring (bicyclic) bond motifs is 1. The van der Waals surface area contributed by atoms with Crippen LogP contribution in [0.5, 0.6) is 11.5 Å². The van der Waals surface area contributed by atoms with Crippen LogP contribution in [0.25, 0.3) is 0 Å². The van der Waals surface area contributed by atoms with E-state index in [0.717, 1.165) is 4.90 Å². The number of anilines is 1. The van der Waals surface area contributed by atoms with E-state index in [4.69, 9.17) is 16.3 Å². The molecular formula is C20H11ClFNO3. The van der Waals surface area contributed by atoms with Crippen LogP contribution in [0.1, 0.15) is 20.7 Å². The second-order valence-electron chi connectivity index (χ2n) is 5.66. The Balaban J connectivity index is 1.73. The Hall–Kier alpha value is -3.18. The predicted molar refractivity (Wildman–Crippen MR) is 95.5 cm³/mol. The molecule has 1 aliphatic rings. The molecule has 0 aliphatic carbocycles. The molecule has 4 nitrogen and oxygen atoms in total. The normalized spacial score (nSPS) is 13.1. The highest BCUT2D eigenvalue weighted by Gasteiger charge is 2.39. The molecular weight excluding hydrogens is 357 g/mol. The van der Waals surface area contributed by atoms with Crippen molar-refractivity contribution in [1.29, 1.82) is 0 Å². The van der Waals surface area contributed by atoms with E-state index in [2.05, 4.69) is 0 Å². The zero-order valence-electron chi connectivity index (χ0n) is 13.3. The summed E-state index contributed by atoms with van der Waals surface area (Å²) in [5.74, 6) is -0.674. The van der Waals surface area contributed by atoms with Crippen molar-refractivity contribution in [3.05, 3.63) is 88.7 Å². The van der Waals surface area contributed by atoms with Gasteiger partial charge in [0.25, 0.3) is 11.8 Å². The SMILES string of the molecule is O=C1c2cccc(Oc3ccc(Cl)cc3)c2C(=O)N1c1ccc(F)cc1. The molecule has 6 heteroatoms. The van der Waals surface area contributed by atoms with Gasteiger partial charge in [0.15, 0.2) is 0 Å². The summed E-state index contributed by atoms with van der Waals surface area (Å²) in [7, 11) is 0. The number of ether oxygens (including phenoxy) is 1. The zero-order chi connectivity index (χ0) is 18.3. The molecule has 0 bridgehead atoms. The van der Waals surface area contributed by atoms with Gasteiger partial charge in [0.2, 0.25) is 0 Å². The molecule has 0 unspecified atom stereocenters. The van der Waals surface area contributed by atoms with Gasteiger partial charge in [-0.1, -0.05) is 17.7 Å². The van der Waals surface area contributed by atoms with E-state index in [0.29, 0.717) is 16.5 Å². The summed E-state index contributed by atoms with van der Waals surface area (Å²) in [6.45, 7) is 0. The molecule has 0 saturated heterocycles. The molecule has 0 N–H and O–H groups in total. The number of amides is 2. The van der Waals surface area contributed by atoms with Gasteiger partial charge in [-0.05, 0) is 60.7 Å². The lowest BCUT2D eigenvalue weighted by Crippen LogP contribution is -2.29. The molecule has 0 spiro atoms. The third-order valence-corrected chi connectivity index (χ3v) is 4.25. The Kier molecular flexibility index (Phi) is 3.93. The molecule has 26 heavy (non-hydrogen) atoms. The van der Waals surface area contributed by atoms with Crippen LogP contribution in [0, 0.1) is 5.82 Å². The average Bonchev–Trinajstić information content (AvgIpc) is 2.90. The van der Waals surface area contributed by atoms with Crippen molar-refractivity contribution in [2.24, 2.45) is 0 Å². The molecule has 4 rings (SSSR count). The van der Waals surface area contributed by atoms with Crippen molar-refractivity contribution in [3.63, 3.8) is 0 Å². The minimum atomic E-state index is -0.513. The van der Waals surface area contributed by atoms with Gasteiger partial charge in [-0.3, -0.25) is 9.59 Å². The number of hydrogen-bond donors (Lipinski definition) is 0. The predicted octanol–water partition coefficient (Wildman–Crippen LogP) is 5.07. The van der Waals surface area contributed by atoms with Crippen LogP contribution in [0.3, 0.4) is 0 Å². The number of carbonyl (C=O) groups is 2. The minimum Gasteiger partial charge on any atom is -0.457 e. The van der Waals surface area contributed by atoms with Crippen LogP contribution in [0.15, 0.2) is 66.7 Å². The second kappa shape index (κ2) is 6.28. The number of imide groups is 1. The largest absolute Gasteiger partial charge is 0.457 e. The van der Waals surface area contributed by atoms with Crippen LogP contribution in [-0.2, 0) is 0 Å². The maximum Gasteiger partial charge on any atom is 0.269 e. The fourth-order valence-electron chi connectivity index (χ4n) is 2.79. The molecule has 3 aromatic rings. The number of carbonyl (C=O) groups excluding carboxylic acids is 2. The van der Waals surface area contributed by atoms with E-state index in [1.807, 2.05) is 0 Å². The Morgan fingerprint density at radius 1 is 0.846 bits per heavy atom. The summed E-state index contributed by atoms with van der Waals surface area (Å²) >= 11 is 5.86. The van der Waals surface area contributed by atoms with E-state index in [1.165, 1.54) is 24.3 Å². The Bertz CT molecular complexity index is 1020. The lowest BCUT2D eigenvalue weighted by atomic mass is 10.1. The summed E-state index contributed by atoms with van der Waals surface area (Å²) in [4.78, 5) is 26.6. The van der Waals surface area contributed by atoms with E-state index in [9.17, 15) is 14.0 Å². The van der Waals surface area contributed by atoms with Gasteiger partial charge >= 0.3 is 0 Å². The van der Waals surface area contributed by atoms with E-state index in [-0.39, 0.29) is 16.9 Å². The first kappa shape index (κ1) is 16.3. The maximum atomic E-state index is 13.1. The maximum absolute atomic E-state index is 13.1. The van der Waals surface area contributed by atoms with Crippen LogP contribution in [-0.4, -0.2) is 11.8 Å². The highest BCUT2D eigenvalue weighted by molar-refractivity contribution is 6.35. The van der Waals surface area contributed by atoms with Crippen LogP contribution in [0.4, 0.5) is 10.1 Å². The quantitative estimate of drug-likeness (QED) is 0.607. The number of benzene rings is 3. The molecule has 0 fully saturated rings. The lowest BCUT2D eigenvalue weighted by Gasteiger charge is -2.14. The summed E-state index contributed by atoms with van der Waals surface area (Å²) < 4.78 is 18.9. The summed E-state index contributed by atoms with van der Waals surface area (Å²) in [6, 6.07) is 16.7. The molecule has 2 amide bonds. The van der Waals surface area contributed by atoms with Crippen LogP contribution in [0.2, 0.25) is 5.02 Å². The number of nitrogens with zero attached hydrogens (tertiary/aromatic N) is 1. The molecule has 128 valence electrons. The van der Waals surface area contributed by atoms with Crippen molar-refractivity contribution >= 4 is 29.1 Å². The third kappa shape index (κ3) is 2.72. The Morgan fingerprint density at radius 3 is 2.23 bits per heavy atom. The minimum absolute atomic E-state index is 0.178. The van der Waals surface area contributed by atoms with Gasteiger partial charge in [0, 0.05) is 5.02 Å². The van der Waals surface area contributed by atoms with Crippen molar-refractivity contribution < 1.29 is 18.7 Å². The van der Waals surface area contributed by atoms with Crippen LogP contribution >= 0.6 is 11.6 Å². The van der Waals surface area contributed by atoms with Crippen molar-refractivity contribution in [2.75, 3.05) is 4.90 Å². The number of hydrogen-bond acceptors (Lipinski definition) is 3. The van der Waals surface area contributed by atoms with Gasteiger partial charge < -0.3 is 4.74 Å². The van der Waals surface area contributed by atoms with E-state index in [1.54, 1.807) is 42.5 Å². The summed E-state index contributed by atoms with van der Waals surface area (Å²) in [5.41, 5.74) is 0.720. The highest BCUT2D eigenvalue weighted by atomic mass is 35.5. The first-order valence-electron chi connectivity index (χ1n) is 7.75. The molecule has 0 radical (unpaired) electrons. The van der Waals surface area contributed by atoms with Gasteiger partial charge in [-0.2, -0.15) is 0 Å². The van der Waals surface area contributed by atoms with Gasteiger partial charge in [0.05, 0.1) is 16.8 Å². The molecule has 0 atom stereocenters. The lowest BCUT2D eigenvalue weighted by molar-refractivity contribution is 0.0925. The van der Waals surface area contributed by atoms with Gasteiger partial charge in [-0.25, -0.2) is 9.29 Å². The van der Waals surface area contributed by atoms with E-state index < -0.39 is 17.6 Å².